The summed E-state index contributed by atoms with van der Waals surface area (Å²) in [5, 5.41) is 8.52. The van der Waals surface area contributed by atoms with Crippen LogP contribution in [0.4, 0.5) is 0 Å². The average Bonchev–Trinajstić information content (AvgIpc) is 2.71. The van der Waals surface area contributed by atoms with Gasteiger partial charge in [-0.15, -0.1) is 0 Å². The van der Waals surface area contributed by atoms with E-state index in [4.69, 9.17) is 48.7 Å². The molecule has 0 aromatic heterocycles. The molecule has 0 amide bonds. The summed E-state index contributed by atoms with van der Waals surface area (Å²) < 4.78 is 42.4. The monoisotopic (exact) mass is 413 g/mol. The average molecular weight is 414 g/mol. The van der Waals surface area contributed by atoms with Crippen LogP contribution in [0.5, 0.6) is 0 Å². The zero-order valence-corrected chi connectivity index (χ0v) is 17.0. The van der Waals surface area contributed by atoms with Gasteiger partial charge in [-0.3, -0.25) is 0 Å². The SMILES string of the molecule is NCCOCCOCCOCCOCCOCCOCCOCCOCCO. The van der Waals surface area contributed by atoms with Crippen molar-refractivity contribution in [3.63, 3.8) is 0 Å². The lowest BCUT2D eigenvalue weighted by atomic mass is 10.6. The molecule has 0 heterocycles. The second kappa shape index (κ2) is 26.6. The number of aliphatic hydroxyl groups excluding tert-OH is 1. The molecule has 0 saturated carbocycles. The maximum absolute atomic E-state index is 8.52. The normalized spacial score (nSPS) is 11.4. The number of nitrogens with two attached hydrogens (primary N) is 1. The highest BCUT2D eigenvalue weighted by Gasteiger charge is 1.94. The zero-order valence-electron chi connectivity index (χ0n) is 17.0. The summed E-state index contributed by atoms with van der Waals surface area (Å²) in [4.78, 5) is 0. The molecule has 0 aliphatic carbocycles. The van der Waals surface area contributed by atoms with Crippen LogP contribution in [0.1, 0.15) is 0 Å². The van der Waals surface area contributed by atoms with Crippen molar-refractivity contribution in [1.82, 2.24) is 0 Å². The van der Waals surface area contributed by atoms with Crippen LogP contribution in [0.3, 0.4) is 0 Å². The predicted molar refractivity (Wildman–Crippen MR) is 103 cm³/mol. The molecule has 0 saturated heterocycles. The van der Waals surface area contributed by atoms with Gasteiger partial charge in [-0.1, -0.05) is 0 Å². The third-order valence-electron chi connectivity index (χ3n) is 3.10. The van der Waals surface area contributed by atoms with Crippen molar-refractivity contribution in [3.8, 4) is 0 Å². The Morgan fingerprint density at radius 2 is 0.571 bits per heavy atom. The summed E-state index contributed by atoms with van der Waals surface area (Å²) >= 11 is 0. The van der Waals surface area contributed by atoms with Crippen LogP contribution >= 0.6 is 0 Å². The molecule has 0 radical (unpaired) electrons. The van der Waals surface area contributed by atoms with Crippen LogP contribution in [0, 0.1) is 0 Å². The van der Waals surface area contributed by atoms with Gasteiger partial charge in [0.2, 0.25) is 0 Å². The molecule has 0 aromatic rings. The van der Waals surface area contributed by atoms with Crippen LogP contribution in [-0.4, -0.2) is 124 Å². The van der Waals surface area contributed by atoms with Crippen molar-refractivity contribution >= 4 is 0 Å². The van der Waals surface area contributed by atoms with Gasteiger partial charge in [-0.05, 0) is 0 Å². The van der Waals surface area contributed by atoms with Gasteiger partial charge in [-0.2, -0.15) is 0 Å². The number of aliphatic hydroxyl groups is 1. The fourth-order valence-corrected chi connectivity index (χ4v) is 1.79. The fraction of sp³-hybridized carbons (Fsp3) is 1.00. The Balaban J connectivity index is 2.96. The summed E-state index contributed by atoms with van der Waals surface area (Å²) in [6, 6.07) is 0. The van der Waals surface area contributed by atoms with Crippen LogP contribution in [0.15, 0.2) is 0 Å². The van der Waals surface area contributed by atoms with Crippen molar-refractivity contribution in [2.75, 3.05) is 119 Å². The van der Waals surface area contributed by atoms with Crippen LogP contribution in [0.2, 0.25) is 0 Å². The molecule has 0 aliphatic heterocycles. The highest BCUT2D eigenvalue weighted by Crippen LogP contribution is 1.85. The van der Waals surface area contributed by atoms with Crippen molar-refractivity contribution in [3.05, 3.63) is 0 Å². The highest BCUT2D eigenvalue weighted by molar-refractivity contribution is 4.38. The van der Waals surface area contributed by atoms with Gasteiger partial charge in [0.15, 0.2) is 0 Å². The van der Waals surface area contributed by atoms with Gasteiger partial charge < -0.3 is 48.7 Å². The van der Waals surface area contributed by atoms with Crippen LogP contribution in [-0.2, 0) is 37.9 Å². The third-order valence-corrected chi connectivity index (χ3v) is 3.10. The molecule has 3 N–H and O–H groups in total. The number of ether oxygens (including phenoxy) is 8. The topological polar surface area (TPSA) is 120 Å². The molecular formula is C18H39NO9. The van der Waals surface area contributed by atoms with Gasteiger partial charge in [0.05, 0.1) is 112 Å². The summed E-state index contributed by atoms with van der Waals surface area (Å²) in [6.07, 6.45) is 0. The van der Waals surface area contributed by atoms with Crippen molar-refractivity contribution in [2.45, 2.75) is 0 Å². The first-order valence-corrected chi connectivity index (χ1v) is 9.84. The smallest absolute Gasteiger partial charge is 0.0701 e. The lowest BCUT2D eigenvalue weighted by Crippen LogP contribution is -2.15. The van der Waals surface area contributed by atoms with Crippen LogP contribution < -0.4 is 5.73 Å². The molecule has 0 spiro atoms. The molecular weight excluding hydrogens is 374 g/mol. The van der Waals surface area contributed by atoms with E-state index >= 15 is 0 Å². The Morgan fingerprint density at radius 1 is 0.357 bits per heavy atom. The fourth-order valence-electron chi connectivity index (χ4n) is 1.79. The molecule has 0 aromatic carbocycles. The maximum Gasteiger partial charge on any atom is 0.0701 e. The first-order valence-electron chi connectivity index (χ1n) is 9.84. The van der Waals surface area contributed by atoms with E-state index in [2.05, 4.69) is 0 Å². The Morgan fingerprint density at radius 3 is 0.786 bits per heavy atom. The van der Waals surface area contributed by atoms with Crippen molar-refractivity contribution in [1.29, 1.82) is 0 Å². The number of rotatable bonds is 25. The third kappa shape index (κ3) is 25.6. The summed E-state index contributed by atoms with van der Waals surface area (Å²) in [7, 11) is 0. The Labute approximate surface area is 168 Å². The van der Waals surface area contributed by atoms with E-state index in [0.717, 1.165) is 0 Å². The minimum absolute atomic E-state index is 0.0321. The Hall–Kier alpha value is -0.400. The molecule has 10 heteroatoms. The van der Waals surface area contributed by atoms with Gasteiger partial charge in [0.25, 0.3) is 0 Å². The first-order chi connectivity index (χ1) is 13.9. The minimum Gasteiger partial charge on any atom is -0.394 e. The minimum atomic E-state index is 0.0321. The van der Waals surface area contributed by atoms with Gasteiger partial charge in [0, 0.05) is 6.54 Å². The standard InChI is InChI=1S/C18H39NO9/c19-1-3-21-5-7-23-9-11-25-13-15-27-17-18-28-16-14-26-12-10-24-8-6-22-4-2-20/h20H,1-19H2. The molecule has 0 atom stereocenters. The predicted octanol–water partition coefficient (Wildman–Crippen LogP) is -0.930. The van der Waals surface area contributed by atoms with E-state index in [1.165, 1.54) is 0 Å². The van der Waals surface area contributed by atoms with Crippen LogP contribution in [0.25, 0.3) is 0 Å². The molecule has 0 bridgehead atoms. The van der Waals surface area contributed by atoms with E-state index < -0.39 is 0 Å². The summed E-state index contributed by atoms with van der Waals surface area (Å²) in [5.74, 6) is 0. The number of hydrogen-bond acceptors (Lipinski definition) is 10. The summed E-state index contributed by atoms with van der Waals surface area (Å²) in [5.41, 5.74) is 5.30. The molecule has 0 aliphatic rings. The maximum atomic E-state index is 8.52. The molecule has 28 heavy (non-hydrogen) atoms. The largest absolute Gasteiger partial charge is 0.394 e. The quantitative estimate of drug-likeness (QED) is 0.182. The summed E-state index contributed by atoms with van der Waals surface area (Å²) in [6.45, 7) is 8.79. The molecule has 170 valence electrons. The number of hydrogen-bond donors (Lipinski definition) is 2. The van der Waals surface area contributed by atoms with E-state index in [0.29, 0.717) is 112 Å². The first kappa shape index (κ1) is 27.6. The molecule has 0 fully saturated rings. The highest BCUT2D eigenvalue weighted by atomic mass is 16.6. The van der Waals surface area contributed by atoms with Gasteiger partial charge in [0.1, 0.15) is 0 Å². The zero-order chi connectivity index (χ0) is 20.4. The van der Waals surface area contributed by atoms with Gasteiger partial charge >= 0.3 is 0 Å². The van der Waals surface area contributed by atoms with Crippen molar-refractivity contribution in [2.24, 2.45) is 5.73 Å². The molecule has 0 rings (SSSR count). The van der Waals surface area contributed by atoms with E-state index in [9.17, 15) is 0 Å². The van der Waals surface area contributed by atoms with E-state index in [1.807, 2.05) is 0 Å². The molecule has 0 unspecified atom stereocenters. The lowest BCUT2D eigenvalue weighted by Gasteiger charge is -2.08. The second-order valence-electron chi connectivity index (χ2n) is 5.41. The van der Waals surface area contributed by atoms with Crippen molar-refractivity contribution < 1.29 is 43.0 Å². The lowest BCUT2D eigenvalue weighted by molar-refractivity contribution is -0.0236. The van der Waals surface area contributed by atoms with Gasteiger partial charge in [-0.25, -0.2) is 0 Å². The van der Waals surface area contributed by atoms with E-state index in [-0.39, 0.29) is 6.61 Å². The Bertz CT molecular complexity index is 249. The Kier molecular flexibility index (Phi) is 26.2. The van der Waals surface area contributed by atoms with E-state index in [1.54, 1.807) is 0 Å². The second-order valence-corrected chi connectivity index (χ2v) is 5.41. The molecule has 10 nitrogen and oxygen atoms in total.